The van der Waals surface area contributed by atoms with E-state index in [0.717, 1.165) is 0 Å². The molecule has 18 heavy (non-hydrogen) atoms. The number of nitrogens with zero attached hydrogens (tertiary/aromatic N) is 2. The van der Waals surface area contributed by atoms with Crippen molar-refractivity contribution in [2.24, 2.45) is 0 Å². The minimum atomic E-state index is -0.421. The van der Waals surface area contributed by atoms with Gasteiger partial charge in [-0.05, 0) is 6.92 Å². The molecule has 2 N–H and O–H groups in total. The van der Waals surface area contributed by atoms with Gasteiger partial charge in [0.05, 0.1) is 6.61 Å². The van der Waals surface area contributed by atoms with E-state index in [-0.39, 0.29) is 25.0 Å². The molecule has 8 nitrogen and oxygen atoms in total. The third-order valence-electron chi connectivity index (χ3n) is 2.07. The van der Waals surface area contributed by atoms with Crippen LogP contribution in [-0.2, 0) is 14.4 Å². The molecule has 0 fully saturated rings. The zero-order valence-electron chi connectivity index (χ0n) is 11.1. The average molecular weight is 260 g/mol. The number of carbonyl (C=O) groups is 3. The van der Waals surface area contributed by atoms with Crippen LogP contribution >= 0.6 is 0 Å². The summed E-state index contributed by atoms with van der Waals surface area (Å²) in [5.41, 5.74) is 2.18. The quantitative estimate of drug-likeness (QED) is 0.586. The van der Waals surface area contributed by atoms with Crippen molar-refractivity contribution in [1.29, 1.82) is 0 Å². The van der Waals surface area contributed by atoms with Crippen molar-refractivity contribution in [3.05, 3.63) is 0 Å². The molecule has 0 heterocycles. The molecule has 0 radical (unpaired) electrons. The molecule has 0 aliphatic carbocycles. The fraction of sp³-hybridized carbons (Fsp3) is 0.700. The van der Waals surface area contributed by atoms with Crippen molar-refractivity contribution in [2.75, 3.05) is 40.8 Å². The lowest BCUT2D eigenvalue weighted by molar-refractivity contribution is -0.140. The Bertz CT molecular complexity index is 308. The largest absolute Gasteiger partial charge is 0.341 e. The van der Waals surface area contributed by atoms with Gasteiger partial charge in [-0.15, -0.1) is 0 Å². The molecular formula is C10H20N4O4. The molecule has 0 spiro atoms. The van der Waals surface area contributed by atoms with E-state index in [2.05, 4.69) is 10.8 Å². The van der Waals surface area contributed by atoms with E-state index in [0.29, 0.717) is 6.61 Å². The molecule has 0 aliphatic heterocycles. The van der Waals surface area contributed by atoms with Gasteiger partial charge in [-0.1, -0.05) is 0 Å². The molecule has 8 heteroatoms. The number of rotatable bonds is 6. The molecule has 0 unspecified atom stereocenters. The Balaban J connectivity index is 4.10. The van der Waals surface area contributed by atoms with Crippen molar-refractivity contribution in [2.45, 2.75) is 6.92 Å². The number of hydrogen-bond donors (Lipinski definition) is 2. The highest BCUT2D eigenvalue weighted by Gasteiger charge is 2.16. The normalized spacial score (nSPS) is 9.56. The summed E-state index contributed by atoms with van der Waals surface area (Å²) < 4.78 is 0. The highest BCUT2D eigenvalue weighted by Crippen LogP contribution is 1.90. The van der Waals surface area contributed by atoms with Crippen molar-refractivity contribution in [3.8, 4) is 0 Å². The first-order chi connectivity index (χ1) is 8.42. The van der Waals surface area contributed by atoms with Gasteiger partial charge in [-0.3, -0.25) is 14.4 Å². The SMILES string of the molecule is CCONC(=O)CN(C)C(=O)CN(C)C(=O)NC. The number of hydroxylamine groups is 1. The highest BCUT2D eigenvalue weighted by molar-refractivity contribution is 5.87. The third-order valence-corrected chi connectivity index (χ3v) is 2.07. The molecule has 0 saturated carbocycles. The van der Waals surface area contributed by atoms with Crippen LogP contribution in [0.3, 0.4) is 0 Å². The Labute approximate surface area is 106 Å². The molecule has 0 aromatic rings. The summed E-state index contributed by atoms with van der Waals surface area (Å²) in [7, 11) is 4.44. The van der Waals surface area contributed by atoms with Crippen LogP contribution in [0.1, 0.15) is 6.92 Å². The van der Waals surface area contributed by atoms with Gasteiger partial charge in [-0.25, -0.2) is 10.3 Å². The van der Waals surface area contributed by atoms with Crippen LogP contribution in [0.4, 0.5) is 4.79 Å². The summed E-state index contributed by atoms with van der Waals surface area (Å²) in [6.45, 7) is 1.86. The third kappa shape index (κ3) is 6.04. The molecule has 104 valence electrons. The smallest absolute Gasteiger partial charge is 0.317 e. The van der Waals surface area contributed by atoms with Crippen molar-refractivity contribution in [1.82, 2.24) is 20.6 Å². The Morgan fingerprint density at radius 3 is 2.22 bits per heavy atom. The maximum atomic E-state index is 11.7. The van der Waals surface area contributed by atoms with Gasteiger partial charge in [-0.2, -0.15) is 0 Å². The number of carbonyl (C=O) groups excluding carboxylic acids is 3. The van der Waals surface area contributed by atoms with Crippen molar-refractivity contribution in [3.63, 3.8) is 0 Å². The Morgan fingerprint density at radius 1 is 1.11 bits per heavy atom. The summed E-state index contributed by atoms with van der Waals surface area (Å²) in [4.78, 5) is 41.3. The summed E-state index contributed by atoms with van der Waals surface area (Å²) in [5.74, 6) is -0.761. The van der Waals surface area contributed by atoms with Gasteiger partial charge in [0.2, 0.25) is 5.91 Å². The second-order valence-corrected chi connectivity index (χ2v) is 3.62. The van der Waals surface area contributed by atoms with Crippen LogP contribution < -0.4 is 10.8 Å². The number of likely N-dealkylation sites (N-methyl/N-ethyl adjacent to an activating group) is 2. The maximum Gasteiger partial charge on any atom is 0.317 e. The van der Waals surface area contributed by atoms with E-state index in [4.69, 9.17) is 4.84 Å². The molecule has 0 rings (SSSR count). The van der Waals surface area contributed by atoms with Gasteiger partial charge < -0.3 is 15.1 Å². The Hall–Kier alpha value is -1.83. The number of urea groups is 1. The van der Waals surface area contributed by atoms with Gasteiger partial charge in [0.15, 0.2) is 0 Å². The van der Waals surface area contributed by atoms with Crippen LogP contribution in [-0.4, -0.2) is 68.5 Å². The number of amides is 4. The summed E-state index contributed by atoms with van der Waals surface area (Å²) in [6.07, 6.45) is 0. The first kappa shape index (κ1) is 16.2. The van der Waals surface area contributed by atoms with Crippen molar-refractivity contribution >= 4 is 17.8 Å². The van der Waals surface area contributed by atoms with Crippen LogP contribution in [0, 0.1) is 0 Å². The van der Waals surface area contributed by atoms with E-state index in [1.807, 2.05) is 0 Å². The minimum absolute atomic E-state index is 0.0991. The second kappa shape index (κ2) is 8.29. The van der Waals surface area contributed by atoms with E-state index in [1.165, 1.54) is 30.9 Å². The highest BCUT2D eigenvalue weighted by atomic mass is 16.6. The molecule has 0 aromatic carbocycles. The van der Waals surface area contributed by atoms with Crippen LogP contribution in [0.5, 0.6) is 0 Å². The summed E-state index contributed by atoms with van der Waals surface area (Å²) in [6, 6.07) is -0.365. The van der Waals surface area contributed by atoms with Gasteiger partial charge in [0.25, 0.3) is 5.91 Å². The summed E-state index contributed by atoms with van der Waals surface area (Å²) >= 11 is 0. The molecule has 0 bridgehead atoms. The lowest BCUT2D eigenvalue weighted by Gasteiger charge is -2.21. The Kier molecular flexibility index (Phi) is 7.45. The predicted octanol–water partition coefficient (Wildman–Crippen LogP) is -1.22. The van der Waals surface area contributed by atoms with Crippen LogP contribution in [0.25, 0.3) is 0 Å². The lowest BCUT2D eigenvalue weighted by Crippen LogP contribution is -2.45. The number of hydrogen-bond acceptors (Lipinski definition) is 4. The standard InChI is InChI=1S/C10H20N4O4/c1-5-18-12-8(15)6-13(3)9(16)7-14(4)10(17)11-2/h5-7H2,1-4H3,(H,11,17)(H,12,15). The fourth-order valence-electron chi connectivity index (χ4n) is 1.07. The van der Waals surface area contributed by atoms with E-state index < -0.39 is 5.91 Å². The van der Waals surface area contributed by atoms with E-state index in [9.17, 15) is 14.4 Å². The number of nitrogens with one attached hydrogen (secondary N) is 2. The van der Waals surface area contributed by atoms with Crippen LogP contribution in [0.2, 0.25) is 0 Å². The topological polar surface area (TPSA) is 91.0 Å². The second-order valence-electron chi connectivity index (χ2n) is 3.62. The molecular weight excluding hydrogens is 240 g/mol. The zero-order valence-corrected chi connectivity index (χ0v) is 11.1. The first-order valence-corrected chi connectivity index (χ1v) is 5.49. The van der Waals surface area contributed by atoms with Crippen LogP contribution in [0.15, 0.2) is 0 Å². The zero-order chi connectivity index (χ0) is 14.1. The predicted molar refractivity (Wildman–Crippen MR) is 64.5 cm³/mol. The molecule has 4 amide bonds. The average Bonchev–Trinajstić information content (AvgIpc) is 2.34. The minimum Gasteiger partial charge on any atom is -0.341 e. The van der Waals surface area contributed by atoms with Gasteiger partial charge in [0, 0.05) is 21.1 Å². The molecule has 0 aliphatic rings. The monoisotopic (exact) mass is 260 g/mol. The van der Waals surface area contributed by atoms with Crippen molar-refractivity contribution < 1.29 is 19.2 Å². The van der Waals surface area contributed by atoms with Gasteiger partial charge >= 0.3 is 6.03 Å². The molecule has 0 atom stereocenters. The molecule has 0 aromatic heterocycles. The molecule has 0 saturated heterocycles. The van der Waals surface area contributed by atoms with Gasteiger partial charge in [0.1, 0.15) is 13.1 Å². The van der Waals surface area contributed by atoms with E-state index >= 15 is 0 Å². The maximum absolute atomic E-state index is 11.7. The first-order valence-electron chi connectivity index (χ1n) is 5.49. The lowest BCUT2D eigenvalue weighted by atomic mass is 10.4. The Morgan fingerprint density at radius 2 is 1.72 bits per heavy atom. The van der Waals surface area contributed by atoms with E-state index in [1.54, 1.807) is 6.92 Å². The summed E-state index contributed by atoms with van der Waals surface area (Å²) in [5, 5.41) is 2.39. The fourth-order valence-corrected chi connectivity index (χ4v) is 1.07.